The molecule has 18 rings (SSSR count). The van der Waals surface area contributed by atoms with Crippen molar-refractivity contribution in [2.45, 2.75) is 52.4 Å². The number of nitrogens with zero attached hydrogens (tertiary/aromatic N) is 6. The normalized spacial score (nSPS) is 12.5. The molecule has 0 spiro atoms. The molecule has 0 atom stereocenters. The summed E-state index contributed by atoms with van der Waals surface area (Å²) in [6, 6.07) is 87.1. The Morgan fingerprint density at radius 2 is 0.756 bits per heavy atom. The van der Waals surface area contributed by atoms with E-state index in [-0.39, 0.29) is 10.8 Å². The minimum Gasteiger partial charge on any atom is -0.454 e. The molecule has 0 aliphatic rings. The molecular weight excluding hydrogens is 1100 g/mol. The van der Waals surface area contributed by atoms with Gasteiger partial charge >= 0.3 is 0 Å². The summed E-state index contributed by atoms with van der Waals surface area (Å²) >= 11 is 0. The Kier molecular flexibility index (Phi) is 10.6. The second kappa shape index (κ2) is 18.5. The number of para-hydroxylation sites is 6. The van der Waals surface area contributed by atoms with Crippen LogP contribution >= 0.6 is 0 Å². The molecule has 0 radical (unpaired) electrons. The monoisotopic (exact) mass is 1160 g/mol. The van der Waals surface area contributed by atoms with Gasteiger partial charge in [-0.2, -0.15) is 10.5 Å². The van der Waals surface area contributed by atoms with Crippen molar-refractivity contribution in [2.75, 3.05) is 0 Å². The fourth-order valence-electron chi connectivity index (χ4n) is 15.1. The molecule has 0 fully saturated rings. The van der Waals surface area contributed by atoms with Gasteiger partial charge in [-0.1, -0.05) is 199 Å². The number of hydrogen-bond acceptors (Lipinski definition) is 4. The third kappa shape index (κ3) is 6.99. The molecule has 0 unspecified atom stereocenters. The Bertz CT molecular complexity index is 6000. The topological polar surface area (TPSA) is 93.6 Å². The highest BCUT2D eigenvalue weighted by molar-refractivity contribution is 6.25. The van der Waals surface area contributed by atoms with E-state index in [1.54, 1.807) is 0 Å². The molecule has 0 saturated heterocycles. The molecule has 0 saturated carbocycles. The summed E-state index contributed by atoms with van der Waals surface area (Å²) in [7, 11) is 0. The Morgan fingerprint density at radius 3 is 1.31 bits per heavy atom. The van der Waals surface area contributed by atoms with Gasteiger partial charge < -0.3 is 27.1 Å². The van der Waals surface area contributed by atoms with E-state index in [0.29, 0.717) is 39.5 Å². The first kappa shape index (κ1) is 51.6. The van der Waals surface area contributed by atoms with Crippen LogP contribution in [0.2, 0.25) is 0 Å². The number of furan rings is 2. The molecule has 8 heteroatoms. The highest BCUT2D eigenvalue weighted by Crippen LogP contribution is 2.53. The molecule has 0 amide bonds. The lowest BCUT2D eigenvalue weighted by molar-refractivity contribution is 0.591. The number of aromatic nitrogens is 4. The van der Waals surface area contributed by atoms with Crippen LogP contribution in [0.1, 0.15) is 63.8 Å². The SMILES string of the molecule is CC(C)(C)c1ccc2c(c1)c1cc(C(C)(C)C)c3c4ccccc4oc3c1n2-c1c(-n2c3ccccc3c3ccccc32)c(C#N)c(-n2c3ccc(-c4ccccc4)cc3c3ccc4c5ccccc5oc4c32)c(C#N)c1-n1c2ccccc2c2ccccc21. The lowest BCUT2D eigenvalue weighted by Gasteiger charge is -2.27. The number of rotatable bonds is 5. The van der Waals surface area contributed by atoms with Gasteiger partial charge in [-0.3, -0.25) is 0 Å². The number of fused-ring (bicyclic) bond motifs is 20. The zero-order chi connectivity index (χ0) is 60.6. The van der Waals surface area contributed by atoms with Gasteiger partial charge in [0, 0.05) is 64.6 Å². The standard InChI is InChI=1S/C82H56N6O2/c1-81(2,3)49-37-41-69-59(43-49)60-44-63(82(4,5)6)72-57-29-15-21-35-71(57)90-80(72)77(60)88(69)78-74(85-64-30-16-10-24-50(64)51-25-11-17-31-65(51)85)61(45-83)73(62(46-84)75(78)86-66-32-18-12-26-52(66)53-27-13-19-33-67(53)86)87-68-40-36-48(47-22-8-7-9-23-47)42-58(68)55-38-39-56-54-28-14-20-34-70(54)89-79(56)76(55)87/h7-44H,1-6H3. The van der Waals surface area contributed by atoms with Crippen molar-refractivity contribution in [3.8, 4) is 46.0 Å². The van der Waals surface area contributed by atoms with E-state index in [0.717, 1.165) is 142 Å². The molecule has 90 heavy (non-hydrogen) atoms. The predicted molar refractivity (Wildman–Crippen MR) is 371 cm³/mol. The van der Waals surface area contributed by atoms with Crippen LogP contribution in [0.3, 0.4) is 0 Å². The van der Waals surface area contributed by atoms with Crippen LogP contribution in [0.4, 0.5) is 0 Å². The highest BCUT2D eigenvalue weighted by atomic mass is 16.3. The fraction of sp³-hybridized carbons (Fsp3) is 0.0976. The summed E-state index contributed by atoms with van der Waals surface area (Å²) in [4.78, 5) is 0. The van der Waals surface area contributed by atoms with E-state index >= 15 is 0 Å². The molecule has 0 aliphatic carbocycles. The molecule has 0 aliphatic heterocycles. The van der Waals surface area contributed by atoms with Crippen molar-refractivity contribution in [3.63, 3.8) is 0 Å². The van der Waals surface area contributed by atoms with Crippen molar-refractivity contribution in [3.05, 3.63) is 253 Å². The minimum absolute atomic E-state index is 0.222. The number of nitriles is 2. The van der Waals surface area contributed by atoms with Crippen molar-refractivity contribution < 1.29 is 8.83 Å². The van der Waals surface area contributed by atoms with Gasteiger partial charge in [0.25, 0.3) is 0 Å². The van der Waals surface area contributed by atoms with E-state index in [4.69, 9.17) is 8.83 Å². The van der Waals surface area contributed by atoms with Crippen LogP contribution < -0.4 is 0 Å². The zero-order valence-electron chi connectivity index (χ0n) is 50.4. The average Bonchev–Trinajstić information content (AvgIpc) is 1.47. The lowest BCUT2D eigenvalue weighted by Crippen LogP contribution is -2.17. The van der Waals surface area contributed by atoms with Gasteiger partial charge in [0.15, 0.2) is 11.2 Å². The van der Waals surface area contributed by atoms with Gasteiger partial charge in [0.2, 0.25) is 0 Å². The van der Waals surface area contributed by atoms with Gasteiger partial charge in [0.05, 0.1) is 66.9 Å². The Hall–Kier alpha value is -11.6. The highest BCUT2D eigenvalue weighted by Gasteiger charge is 2.37. The molecule has 18 aromatic rings. The van der Waals surface area contributed by atoms with E-state index in [1.807, 2.05) is 30.3 Å². The second-order valence-corrected chi connectivity index (χ2v) is 26.2. The van der Waals surface area contributed by atoms with Crippen molar-refractivity contribution in [1.29, 1.82) is 10.5 Å². The first-order valence-electron chi connectivity index (χ1n) is 30.8. The van der Waals surface area contributed by atoms with Crippen LogP contribution in [-0.2, 0) is 10.8 Å². The van der Waals surface area contributed by atoms with Crippen LogP contribution in [-0.4, -0.2) is 18.3 Å². The Morgan fingerprint density at radius 1 is 0.311 bits per heavy atom. The first-order chi connectivity index (χ1) is 43.9. The minimum atomic E-state index is -0.323. The zero-order valence-corrected chi connectivity index (χ0v) is 50.4. The molecule has 6 heterocycles. The molecule has 12 aromatic carbocycles. The molecule has 8 nitrogen and oxygen atoms in total. The summed E-state index contributed by atoms with van der Waals surface area (Å²) < 4.78 is 23.8. The maximum Gasteiger partial charge on any atom is 0.160 e. The van der Waals surface area contributed by atoms with Gasteiger partial charge in [0.1, 0.15) is 34.4 Å². The summed E-state index contributed by atoms with van der Waals surface area (Å²) in [6.45, 7) is 13.6. The maximum absolute atomic E-state index is 13.1. The van der Waals surface area contributed by atoms with Crippen LogP contribution in [0.25, 0.3) is 165 Å². The van der Waals surface area contributed by atoms with E-state index in [9.17, 15) is 10.5 Å². The fourth-order valence-corrected chi connectivity index (χ4v) is 15.1. The summed E-state index contributed by atoms with van der Waals surface area (Å²) in [6.07, 6.45) is 0. The van der Waals surface area contributed by atoms with Gasteiger partial charge in [-0.15, -0.1) is 0 Å². The summed E-state index contributed by atoms with van der Waals surface area (Å²) in [5, 5.41) is 38.1. The lowest BCUT2D eigenvalue weighted by atomic mass is 9.82. The van der Waals surface area contributed by atoms with Crippen molar-refractivity contribution in [1.82, 2.24) is 18.3 Å². The van der Waals surface area contributed by atoms with Gasteiger partial charge in [-0.25, -0.2) is 0 Å². The Labute approximate surface area is 517 Å². The molecule has 426 valence electrons. The molecule has 0 N–H and O–H groups in total. The molecule has 0 bridgehead atoms. The Balaban J connectivity index is 1.17. The van der Waals surface area contributed by atoms with Crippen LogP contribution in [0, 0.1) is 22.7 Å². The molecular formula is C82H56N6O2. The maximum atomic E-state index is 13.1. The summed E-state index contributed by atoms with van der Waals surface area (Å²) in [5.74, 6) is 0. The van der Waals surface area contributed by atoms with Crippen LogP contribution in [0.15, 0.2) is 239 Å². The van der Waals surface area contributed by atoms with E-state index in [2.05, 4.69) is 272 Å². The van der Waals surface area contributed by atoms with Gasteiger partial charge in [-0.05, 0) is 106 Å². The number of hydrogen-bond donors (Lipinski definition) is 0. The number of benzene rings is 12. The van der Waals surface area contributed by atoms with Crippen molar-refractivity contribution in [2.24, 2.45) is 0 Å². The smallest absolute Gasteiger partial charge is 0.160 e. The third-order valence-corrected chi connectivity index (χ3v) is 19.1. The van der Waals surface area contributed by atoms with E-state index in [1.165, 1.54) is 5.56 Å². The molecule has 6 aromatic heterocycles. The predicted octanol–water partition coefficient (Wildman–Crippen LogP) is 21.9. The third-order valence-electron chi connectivity index (χ3n) is 19.1. The van der Waals surface area contributed by atoms with E-state index < -0.39 is 0 Å². The largest absolute Gasteiger partial charge is 0.454 e. The second-order valence-electron chi connectivity index (χ2n) is 26.2. The summed E-state index contributed by atoms with van der Waals surface area (Å²) in [5.41, 5.74) is 16.5. The quantitative estimate of drug-likeness (QED) is 0.172. The average molecular weight is 1160 g/mol. The van der Waals surface area contributed by atoms with Crippen LogP contribution in [0.5, 0.6) is 0 Å². The van der Waals surface area contributed by atoms with Crippen molar-refractivity contribution >= 4 is 131 Å². The first-order valence-corrected chi connectivity index (χ1v) is 30.8.